The number of fused-ring (bicyclic) bond motifs is 1. The van der Waals surface area contributed by atoms with Crippen molar-refractivity contribution in [2.45, 2.75) is 20.3 Å². The second-order valence-corrected chi connectivity index (χ2v) is 8.25. The number of thiazole rings is 1. The van der Waals surface area contributed by atoms with E-state index >= 15 is 0 Å². The molecule has 0 radical (unpaired) electrons. The van der Waals surface area contributed by atoms with Gasteiger partial charge >= 0.3 is 0 Å². The standard InChI is InChI=1S/C20H24ClN3O3S.ClH/c1-12-11-14(13(2)27-12)19(25)24(10-6-9-23(3)4)20-22-17-16(26-5)8-7-15(21)18(17)28-20;/h7-8,11H,6,9-10H2,1-5H3;1H. The van der Waals surface area contributed by atoms with Crippen LogP contribution in [0.4, 0.5) is 5.13 Å². The molecule has 3 rings (SSSR count). The minimum absolute atomic E-state index is 0. The van der Waals surface area contributed by atoms with Gasteiger partial charge in [-0.3, -0.25) is 9.69 Å². The van der Waals surface area contributed by atoms with Crippen LogP contribution < -0.4 is 9.64 Å². The molecule has 0 spiro atoms. The van der Waals surface area contributed by atoms with Crippen molar-refractivity contribution in [1.29, 1.82) is 0 Å². The van der Waals surface area contributed by atoms with Gasteiger partial charge in [0.05, 0.1) is 22.4 Å². The number of anilines is 1. The molecule has 0 bridgehead atoms. The van der Waals surface area contributed by atoms with Gasteiger partial charge in [-0.2, -0.15) is 0 Å². The SMILES string of the molecule is COc1ccc(Cl)c2sc(N(CCCN(C)C)C(=O)c3cc(C)oc3C)nc12.Cl. The first-order valence-corrected chi connectivity index (χ1v) is 10.2. The van der Waals surface area contributed by atoms with E-state index in [0.717, 1.165) is 17.7 Å². The highest BCUT2D eigenvalue weighted by molar-refractivity contribution is 7.23. The minimum Gasteiger partial charge on any atom is -0.494 e. The van der Waals surface area contributed by atoms with E-state index < -0.39 is 0 Å². The van der Waals surface area contributed by atoms with Gasteiger partial charge in [-0.1, -0.05) is 22.9 Å². The molecule has 1 amide bonds. The Labute approximate surface area is 185 Å². The van der Waals surface area contributed by atoms with Gasteiger partial charge in [0.1, 0.15) is 22.8 Å². The van der Waals surface area contributed by atoms with Gasteiger partial charge in [-0.05, 0) is 59.1 Å². The van der Waals surface area contributed by atoms with Crippen LogP contribution in [0, 0.1) is 13.8 Å². The maximum absolute atomic E-state index is 13.3. The maximum Gasteiger partial charge on any atom is 0.263 e. The third kappa shape index (κ3) is 5.04. The van der Waals surface area contributed by atoms with Crippen LogP contribution in [0.3, 0.4) is 0 Å². The van der Waals surface area contributed by atoms with Gasteiger partial charge < -0.3 is 14.1 Å². The van der Waals surface area contributed by atoms with E-state index in [1.165, 1.54) is 11.3 Å². The lowest BCUT2D eigenvalue weighted by Gasteiger charge is -2.20. The summed E-state index contributed by atoms with van der Waals surface area (Å²) in [5.74, 6) is 1.83. The summed E-state index contributed by atoms with van der Waals surface area (Å²) in [7, 11) is 5.62. The van der Waals surface area contributed by atoms with Gasteiger partial charge in [0.15, 0.2) is 5.13 Å². The molecule has 0 aliphatic heterocycles. The fourth-order valence-corrected chi connectivity index (χ4v) is 4.32. The Balaban J connectivity index is 0.00000300. The summed E-state index contributed by atoms with van der Waals surface area (Å²) in [6.07, 6.45) is 0.815. The molecule has 2 heterocycles. The van der Waals surface area contributed by atoms with Gasteiger partial charge in [0, 0.05) is 6.54 Å². The highest BCUT2D eigenvalue weighted by atomic mass is 35.5. The maximum atomic E-state index is 13.3. The van der Waals surface area contributed by atoms with Crippen LogP contribution in [0.5, 0.6) is 5.75 Å². The van der Waals surface area contributed by atoms with Crippen LogP contribution in [0.1, 0.15) is 28.3 Å². The number of carbonyl (C=O) groups excluding carboxylic acids is 1. The highest BCUT2D eigenvalue weighted by Gasteiger charge is 2.25. The van der Waals surface area contributed by atoms with Gasteiger partial charge in [0.2, 0.25) is 0 Å². The van der Waals surface area contributed by atoms with Crippen LogP contribution in [-0.4, -0.2) is 50.1 Å². The first kappa shape index (κ1) is 23.5. The molecule has 2 aromatic heterocycles. The van der Waals surface area contributed by atoms with Crippen molar-refractivity contribution in [3.63, 3.8) is 0 Å². The van der Waals surface area contributed by atoms with Crippen LogP contribution in [0.25, 0.3) is 10.2 Å². The molecule has 3 aromatic rings. The van der Waals surface area contributed by atoms with E-state index in [2.05, 4.69) is 4.90 Å². The Morgan fingerprint density at radius 1 is 1.28 bits per heavy atom. The first-order valence-electron chi connectivity index (χ1n) is 8.98. The number of carbonyl (C=O) groups is 1. The minimum atomic E-state index is -0.123. The third-order valence-electron chi connectivity index (χ3n) is 4.40. The van der Waals surface area contributed by atoms with E-state index in [-0.39, 0.29) is 18.3 Å². The molecule has 0 aliphatic rings. The van der Waals surface area contributed by atoms with Crippen LogP contribution in [0.15, 0.2) is 22.6 Å². The molecular formula is C20H25Cl2N3O3S. The number of ether oxygens (including phenoxy) is 1. The van der Waals surface area contributed by atoms with E-state index in [4.69, 9.17) is 25.7 Å². The van der Waals surface area contributed by atoms with Crippen LogP contribution in [0.2, 0.25) is 5.02 Å². The number of rotatable bonds is 7. The van der Waals surface area contributed by atoms with E-state index in [1.54, 1.807) is 37.1 Å². The average molecular weight is 458 g/mol. The second kappa shape index (κ2) is 9.80. The Morgan fingerprint density at radius 2 is 2.00 bits per heavy atom. The molecule has 158 valence electrons. The molecule has 1 aromatic carbocycles. The molecule has 0 aliphatic carbocycles. The summed E-state index contributed by atoms with van der Waals surface area (Å²) in [5, 5.41) is 1.19. The molecule has 6 nitrogen and oxygen atoms in total. The zero-order chi connectivity index (χ0) is 20.4. The second-order valence-electron chi connectivity index (χ2n) is 6.86. The van der Waals surface area contributed by atoms with Crippen LogP contribution >= 0.6 is 35.3 Å². The van der Waals surface area contributed by atoms with Crippen molar-refractivity contribution in [3.05, 3.63) is 40.3 Å². The molecule has 0 unspecified atom stereocenters. The lowest BCUT2D eigenvalue weighted by molar-refractivity contribution is 0.0984. The molecule has 29 heavy (non-hydrogen) atoms. The Morgan fingerprint density at radius 3 is 2.59 bits per heavy atom. The van der Waals surface area contributed by atoms with Gasteiger partial charge in [-0.25, -0.2) is 4.98 Å². The molecule has 0 N–H and O–H groups in total. The fourth-order valence-electron chi connectivity index (χ4n) is 3.04. The molecule has 9 heteroatoms. The molecule has 0 saturated heterocycles. The number of furan rings is 1. The molecule has 0 fully saturated rings. The number of aryl methyl sites for hydroxylation is 2. The molecule has 0 atom stereocenters. The summed E-state index contributed by atoms with van der Waals surface area (Å²) in [5.41, 5.74) is 1.22. The third-order valence-corrected chi connectivity index (χ3v) is 5.94. The summed E-state index contributed by atoms with van der Waals surface area (Å²) < 4.78 is 11.8. The van der Waals surface area contributed by atoms with Crippen molar-refractivity contribution in [2.24, 2.45) is 0 Å². The largest absolute Gasteiger partial charge is 0.494 e. The lowest BCUT2D eigenvalue weighted by Crippen LogP contribution is -2.33. The normalized spacial score (nSPS) is 11.0. The predicted octanol–water partition coefficient (Wildman–Crippen LogP) is 5.19. The Hall–Kier alpha value is -1.80. The number of halogens is 2. The van der Waals surface area contributed by atoms with Gasteiger partial charge in [0.25, 0.3) is 5.91 Å². The summed E-state index contributed by atoms with van der Waals surface area (Å²) in [6, 6.07) is 5.35. The number of hydrogen-bond acceptors (Lipinski definition) is 6. The van der Waals surface area contributed by atoms with Crippen molar-refractivity contribution in [3.8, 4) is 5.75 Å². The number of hydrogen-bond donors (Lipinski definition) is 0. The van der Waals surface area contributed by atoms with Gasteiger partial charge in [-0.15, -0.1) is 12.4 Å². The first-order chi connectivity index (χ1) is 13.3. The highest BCUT2D eigenvalue weighted by Crippen LogP contribution is 2.39. The smallest absolute Gasteiger partial charge is 0.263 e. The van der Waals surface area contributed by atoms with Crippen LogP contribution in [-0.2, 0) is 0 Å². The van der Waals surface area contributed by atoms with E-state index in [9.17, 15) is 4.79 Å². The topological polar surface area (TPSA) is 58.8 Å². The predicted molar refractivity (Wildman–Crippen MR) is 121 cm³/mol. The van der Waals surface area contributed by atoms with E-state index in [0.29, 0.717) is 45.0 Å². The number of benzene rings is 1. The van der Waals surface area contributed by atoms with Crippen molar-refractivity contribution in [2.75, 3.05) is 39.2 Å². The summed E-state index contributed by atoms with van der Waals surface area (Å²) in [6.45, 7) is 5.04. The van der Waals surface area contributed by atoms with Crippen molar-refractivity contribution in [1.82, 2.24) is 9.88 Å². The fraction of sp³-hybridized carbons (Fsp3) is 0.400. The quantitative estimate of drug-likeness (QED) is 0.488. The number of methoxy groups -OCH3 is 1. The zero-order valence-electron chi connectivity index (χ0n) is 17.1. The molecule has 0 saturated carbocycles. The number of nitrogens with zero attached hydrogens (tertiary/aromatic N) is 3. The van der Waals surface area contributed by atoms with Crippen molar-refractivity contribution < 1.29 is 13.9 Å². The molecular weight excluding hydrogens is 433 g/mol. The Bertz CT molecular complexity index is 1000. The monoisotopic (exact) mass is 457 g/mol. The summed E-state index contributed by atoms with van der Waals surface area (Å²) >= 11 is 7.76. The lowest BCUT2D eigenvalue weighted by atomic mass is 10.2. The zero-order valence-corrected chi connectivity index (χ0v) is 19.5. The summed E-state index contributed by atoms with van der Waals surface area (Å²) in [4.78, 5) is 21.8. The van der Waals surface area contributed by atoms with Crippen molar-refractivity contribution >= 4 is 56.6 Å². The number of amides is 1. The van der Waals surface area contributed by atoms with E-state index in [1.807, 2.05) is 21.0 Å². The number of aromatic nitrogens is 1. The Kier molecular flexibility index (Phi) is 7.94. The average Bonchev–Trinajstić information content (AvgIpc) is 3.22.